The number of carbonyl (C=O) groups is 1. The van der Waals surface area contributed by atoms with Crippen LogP contribution in [0.4, 0.5) is 0 Å². The third-order valence-electron chi connectivity index (χ3n) is 3.81. The molecule has 100 valence electrons. The zero-order chi connectivity index (χ0) is 13.0. The van der Waals surface area contributed by atoms with E-state index in [2.05, 4.69) is 11.0 Å². The van der Waals surface area contributed by atoms with Gasteiger partial charge in [-0.2, -0.15) is 5.26 Å². The Balaban J connectivity index is 1.91. The molecule has 0 aliphatic carbocycles. The Hall–Kier alpha value is -1.12. The average Bonchev–Trinajstić information content (AvgIpc) is 2.46. The van der Waals surface area contributed by atoms with E-state index in [1.54, 1.807) is 0 Å². The van der Waals surface area contributed by atoms with E-state index in [4.69, 9.17) is 10.00 Å². The number of nitriles is 1. The van der Waals surface area contributed by atoms with Gasteiger partial charge in [-0.25, -0.2) is 0 Å². The van der Waals surface area contributed by atoms with E-state index in [9.17, 15) is 4.79 Å². The molecule has 5 heteroatoms. The van der Waals surface area contributed by atoms with Crippen molar-refractivity contribution in [1.82, 2.24) is 9.80 Å². The van der Waals surface area contributed by atoms with Gasteiger partial charge < -0.3 is 9.64 Å². The van der Waals surface area contributed by atoms with Crippen molar-refractivity contribution in [2.24, 2.45) is 0 Å². The molecule has 2 atom stereocenters. The zero-order valence-electron chi connectivity index (χ0n) is 11.0. The highest BCUT2D eigenvalue weighted by atomic mass is 16.5. The highest BCUT2D eigenvalue weighted by Crippen LogP contribution is 2.14. The first-order chi connectivity index (χ1) is 8.72. The van der Waals surface area contributed by atoms with Crippen LogP contribution in [0.3, 0.4) is 0 Å². The fraction of sp³-hybridized carbons (Fsp3) is 0.846. The summed E-state index contributed by atoms with van der Waals surface area (Å²) in [7, 11) is 0. The standard InChI is InChI=1S/C13H21N3O2/c1-11(13(17)15-5-3-2-4-6-15)16-7-8-18-12(9-14)10-16/h11-12H,2-8,10H2,1H3. The van der Waals surface area contributed by atoms with E-state index in [1.807, 2.05) is 11.8 Å². The van der Waals surface area contributed by atoms with Gasteiger partial charge in [0.1, 0.15) is 0 Å². The number of hydrogen-bond acceptors (Lipinski definition) is 4. The van der Waals surface area contributed by atoms with Crippen LogP contribution >= 0.6 is 0 Å². The molecule has 0 aromatic heterocycles. The van der Waals surface area contributed by atoms with Gasteiger partial charge in [0.05, 0.1) is 18.7 Å². The second kappa shape index (κ2) is 6.17. The second-order valence-electron chi connectivity index (χ2n) is 5.05. The maximum atomic E-state index is 12.4. The molecule has 2 aliphatic rings. The first-order valence-electron chi connectivity index (χ1n) is 6.76. The molecule has 5 nitrogen and oxygen atoms in total. The topological polar surface area (TPSA) is 56.6 Å². The number of amides is 1. The van der Waals surface area contributed by atoms with Crippen molar-refractivity contribution in [3.8, 4) is 6.07 Å². The van der Waals surface area contributed by atoms with Crippen molar-refractivity contribution in [1.29, 1.82) is 5.26 Å². The summed E-state index contributed by atoms with van der Waals surface area (Å²) in [5.41, 5.74) is 0. The molecule has 2 rings (SSSR count). The van der Waals surface area contributed by atoms with Gasteiger partial charge in [0.15, 0.2) is 6.10 Å². The minimum atomic E-state index is -0.393. The van der Waals surface area contributed by atoms with E-state index in [-0.39, 0.29) is 11.9 Å². The van der Waals surface area contributed by atoms with Gasteiger partial charge in [-0.3, -0.25) is 9.69 Å². The lowest BCUT2D eigenvalue weighted by molar-refractivity contribution is -0.139. The van der Waals surface area contributed by atoms with Gasteiger partial charge in [0, 0.05) is 26.2 Å². The van der Waals surface area contributed by atoms with E-state index in [0.29, 0.717) is 13.2 Å². The SMILES string of the molecule is CC(C(=O)N1CCCCC1)N1CCOC(C#N)C1. The molecule has 18 heavy (non-hydrogen) atoms. The average molecular weight is 251 g/mol. The van der Waals surface area contributed by atoms with Crippen LogP contribution in [0.15, 0.2) is 0 Å². The Kier molecular flexibility index (Phi) is 4.56. The lowest BCUT2D eigenvalue weighted by Crippen LogP contribution is -2.53. The van der Waals surface area contributed by atoms with Crippen molar-refractivity contribution in [3.05, 3.63) is 0 Å². The monoisotopic (exact) mass is 251 g/mol. The fourth-order valence-corrected chi connectivity index (χ4v) is 2.63. The number of ether oxygens (including phenoxy) is 1. The maximum absolute atomic E-state index is 12.4. The summed E-state index contributed by atoms with van der Waals surface area (Å²) in [6.07, 6.45) is 3.06. The number of likely N-dealkylation sites (tertiary alicyclic amines) is 1. The Morgan fingerprint density at radius 2 is 2.06 bits per heavy atom. The van der Waals surface area contributed by atoms with Crippen LogP contribution in [0.1, 0.15) is 26.2 Å². The predicted molar refractivity (Wildman–Crippen MR) is 66.8 cm³/mol. The first-order valence-corrected chi connectivity index (χ1v) is 6.76. The van der Waals surface area contributed by atoms with E-state index >= 15 is 0 Å². The van der Waals surface area contributed by atoms with Gasteiger partial charge in [-0.05, 0) is 26.2 Å². The Morgan fingerprint density at radius 3 is 2.72 bits per heavy atom. The molecule has 2 heterocycles. The number of piperidine rings is 1. The third-order valence-corrected chi connectivity index (χ3v) is 3.81. The normalized spacial score (nSPS) is 27.6. The van der Waals surface area contributed by atoms with E-state index in [1.165, 1.54) is 6.42 Å². The Morgan fingerprint density at radius 1 is 1.33 bits per heavy atom. The van der Waals surface area contributed by atoms with Gasteiger partial charge in [-0.1, -0.05) is 0 Å². The molecule has 2 saturated heterocycles. The quantitative estimate of drug-likeness (QED) is 0.721. The predicted octanol–water partition coefficient (Wildman–Crippen LogP) is 0.612. The lowest BCUT2D eigenvalue weighted by Gasteiger charge is -2.37. The number of hydrogen-bond donors (Lipinski definition) is 0. The minimum Gasteiger partial charge on any atom is -0.361 e. The molecular weight excluding hydrogens is 230 g/mol. The van der Waals surface area contributed by atoms with Crippen LogP contribution in [0.2, 0.25) is 0 Å². The van der Waals surface area contributed by atoms with Crippen molar-refractivity contribution < 1.29 is 9.53 Å². The molecule has 0 bridgehead atoms. The van der Waals surface area contributed by atoms with Gasteiger partial charge >= 0.3 is 0 Å². The highest BCUT2D eigenvalue weighted by molar-refractivity contribution is 5.81. The van der Waals surface area contributed by atoms with Crippen LogP contribution in [-0.4, -0.2) is 60.6 Å². The smallest absolute Gasteiger partial charge is 0.239 e. The molecular formula is C13H21N3O2. The Bertz CT molecular complexity index is 334. The van der Waals surface area contributed by atoms with Crippen LogP contribution in [0.5, 0.6) is 0 Å². The first kappa shape index (κ1) is 13.3. The molecule has 0 radical (unpaired) electrons. The van der Waals surface area contributed by atoms with Crippen molar-refractivity contribution in [2.45, 2.75) is 38.3 Å². The molecule has 1 amide bonds. The fourth-order valence-electron chi connectivity index (χ4n) is 2.63. The van der Waals surface area contributed by atoms with Crippen molar-refractivity contribution >= 4 is 5.91 Å². The molecule has 2 aliphatic heterocycles. The summed E-state index contributed by atoms with van der Waals surface area (Å²) >= 11 is 0. The number of nitrogens with zero attached hydrogens (tertiary/aromatic N) is 3. The summed E-state index contributed by atoms with van der Waals surface area (Å²) in [6.45, 7) is 5.52. The molecule has 0 saturated carbocycles. The Labute approximate surface area is 108 Å². The van der Waals surface area contributed by atoms with Crippen LogP contribution < -0.4 is 0 Å². The molecule has 0 N–H and O–H groups in total. The third kappa shape index (κ3) is 3.01. The van der Waals surface area contributed by atoms with Crippen LogP contribution in [-0.2, 0) is 9.53 Å². The van der Waals surface area contributed by atoms with Gasteiger partial charge in [0.2, 0.25) is 5.91 Å². The summed E-state index contributed by atoms with van der Waals surface area (Å²) in [6, 6.07) is 1.98. The lowest BCUT2D eigenvalue weighted by atomic mass is 10.1. The summed E-state index contributed by atoms with van der Waals surface area (Å²) in [5.74, 6) is 0.202. The van der Waals surface area contributed by atoms with Crippen LogP contribution in [0.25, 0.3) is 0 Å². The van der Waals surface area contributed by atoms with Crippen molar-refractivity contribution in [3.63, 3.8) is 0 Å². The van der Waals surface area contributed by atoms with E-state index < -0.39 is 6.10 Å². The number of carbonyl (C=O) groups excluding carboxylic acids is 1. The molecule has 0 aromatic carbocycles. The largest absolute Gasteiger partial charge is 0.361 e. The van der Waals surface area contributed by atoms with Crippen LogP contribution in [0, 0.1) is 11.3 Å². The summed E-state index contributed by atoms with van der Waals surface area (Å²) in [5, 5.41) is 8.88. The number of rotatable bonds is 2. The van der Waals surface area contributed by atoms with E-state index in [0.717, 1.165) is 32.5 Å². The molecule has 0 aromatic rings. The zero-order valence-corrected chi connectivity index (χ0v) is 11.0. The maximum Gasteiger partial charge on any atom is 0.239 e. The molecule has 0 spiro atoms. The minimum absolute atomic E-state index is 0.136. The summed E-state index contributed by atoms with van der Waals surface area (Å²) in [4.78, 5) is 16.4. The molecule has 2 fully saturated rings. The second-order valence-corrected chi connectivity index (χ2v) is 5.05. The van der Waals surface area contributed by atoms with Gasteiger partial charge in [0.25, 0.3) is 0 Å². The molecule has 2 unspecified atom stereocenters. The highest BCUT2D eigenvalue weighted by Gasteiger charge is 2.30. The van der Waals surface area contributed by atoms with Gasteiger partial charge in [-0.15, -0.1) is 0 Å². The van der Waals surface area contributed by atoms with Crippen molar-refractivity contribution in [2.75, 3.05) is 32.8 Å². The summed E-state index contributed by atoms with van der Waals surface area (Å²) < 4.78 is 5.31. The number of morpholine rings is 1.